The Morgan fingerprint density at radius 3 is 1.49 bits per heavy atom. The van der Waals surface area contributed by atoms with Gasteiger partial charge >= 0.3 is 13.8 Å². The van der Waals surface area contributed by atoms with Gasteiger partial charge in [-0.2, -0.15) is 0 Å². The smallest absolute Gasteiger partial charge is 0.457 e. The zero-order valence-corrected chi connectivity index (χ0v) is 37.6. The molecule has 1 N–H and O–H groups in total. The fourth-order valence-corrected chi connectivity index (χ4v) is 6.89. The van der Waals surface area contributed by atoms with Crippen LogP contribution in [0.25, 0.3) is 0 Å². The van der Waals surface area contributed by atoms with Crippen LogP contribution in [0.15, 0.2) is 36.5 Å². The molecule has 0 aliphatic heterocycles. The van der Waals surface area contributed by atoms with Gasteiger partial charge in [0.05, 0.1) is 34.4 Å². The largest absolute Gasteiger partial charge is 0.472 e. The maximum absolute atomic E-state index is 12.7. The molecule has 0 saturated carbocycles. The first-order valence-corrected chi connectivity index (χ1v) is 24.2. The molecule has 0 aromatic carbocycles. The molecule has 0 saturated heterocycles. The molecule has 0 spiro atoms. The van der Waals surface area contributed by atoms with Gasteiger partial charge in [-0.05, 0) is 51.4 Å². The highest BCUT2D eigenvalue weighted by Crippen LogP contribution is 2.43. The predicted octanol–water partition coefficient (Wildman–Crippen LogP) is 13.4. The highest BCUT2D eigenvalue weighted by atomic mass is 31.2. The summed E-state index contributed by atoms with van der Waals surface area (Å²) in [6.07, 6.45) is 46.2. The van der Waals surface area contributed by atoms with Crippen molar-refractivity contribution < 1.29 is 37.3 Å². The van der Waals surface area contributed by atoms with Gasteiger partial charge < -0.3 is 18.9 Å². The highest BCUT2D eigenvalue weighted by molar-refractivity contribution is 7.47. The molecule has 8 nitrogen and oxygen atoms in total. The number of unbranched alkanes of at least 4 members (excludes halogenated alkanes) is 22. The van der Waals surface area contributed by atoms with Gasteiger partial charge in [-0.15, -0.1) is 0 Å². The van der Waals surface area contributed by atoms with Crippen molar-refractivity contribution in [3.63, 3.8) is 0 Å². The van der Waals surface area contributed by atoms with E-state index < -0.39 is 13.9 Å². The topological polar surface area (TPSA) is 91.3 Å². The molecule has 0 aliphatic carbocycles. The number of carbonyl (C=O) groups is 1. The number of phosphoric acid groups is 1. The van der Waals surface area contributed by atoms with Crippen LogP contribution in [0.4, 0.5) is 0 Å². The lowest BCUT2D eigenvalue weighted by atomic mass is 10.0. The molecule has 0 aromatic heterocycles. The van der Waals surface area contributed by atoms with Gasteiger partial charge in [-0.1, -0.05) is 172 Å². The van der Waals surface area contributed by atoms with Crippen LogP contribution < -0.4 is 0 Å². The second-order valence-corrected chi connectivity index (χ2v) is 17.9. The van der Waals surface area contributed by atoms with Crippen LogP contribution in [0.2, 0.25) is 0 Å². The first kappa shape index (κ1) is 53.7. The van der Waals surface area contributed by atoms with Crippen LogP contribution in [0.1, 0.15) is 194 Å². The Balaban J connectivity index is 4.05. The summed E-state index contributed by atoms with van der Waals surface area (Å²) in [7, 11) is 1.67. The lowest BCUT2D eigenvalue weighted by Gasteiger charge is -2.24. The maximum Gasteiger partial charge on any atom is 0.472 e. The van der Waals surface area contributed by atoms with E-state index in [1.54, 1.807) is 0 Å². The van der Waals surface area contributed by atoms with E-state index in [-0.39, 0.29) is 25.8 Å². The summed E-state index contributed by atoms with van der Waals surface area (Å²) in [5, 5.41) is 0. The van der Waals surface area contributed by atoms with Crippen LogP contribution in [-0.4, -0.2) is 75.6 Å². The molecule has 55 heavy (non-hydrogen) atoms. The number of hydrogen-bond donors (Lipinski definition) is 1. The summed E-state index contributed by atoms with van der Waals surface area (Å²) in [6, 6.07) is 0. The van der Waals surface area contributed by atoms with Crippen molar-refractivity contribution in [1.29, 1.82) is 0 Å². The number of carbonyl (C=O) groups excluding carboxylic acids is 1. The minimum Gasteiger partial charge on any atom is -0.457 e. The number of rotatable bonds is 42. The summed E-state index contributed by atoms with van der Waals surface area (Å²) >= 11 is 0. The van der Waals surface area contributed by atoms with Gasteiger partial charge in [0.25, 0.3) is 0 Å². The molecule has 324 valence electrons. The highest BCUT2D eigenvalue weighted by Gasteiger charge is 2.26. The van der Waals surface area contributed by atoms with Gasteiger partial charge in [0.1, 0.15) is 19.3 Å². The Bertz CT molecular complexity index is 978. The molecular formula is C46H89NO7P+. The van der Waals surface area contributed by atoms with Gasteiger partial charge in [0.15, 0.2) is 0 Å². The third-order valence-corrected chi connectivity index (χ3v) is 10.7. The average molecular weight is 799 g/mol. The van der Waals surface area contributed by atoms with Gasteiger partial charge in [-0.25, -0.2) is 4.57 Å². The Kier molecular flexibility index (Phi) is 38.6. The molecule has 0 fully saturated rings. The molecule has 0 aliphatic rings. The Hall–Kier alpha value is -1.28. The zero-order chi connectivity index (χ0) is 40.6. The lowest BCUT2D eigenvalue weighted by molar-refractivity contribution is -0.870. The second-order valence-electron chi connectivity index (χ2n) is 16.4. The van der Waals surface area contributed by atoms with E-state index in [1.165, 1.54) is 128 Å². The van der Waals surface area contributed by atoms with Crippen molar-refractivity contribution in [2.45, 2.75) is 200 Å². The third-order valence-electron chi connectivity index (χ3n) is 9.70. The van der Waals surface area contributed by atoms with Crippen molar-refractivity contribution in [3.05, 3.63) is 36.5 Å². The first-order valence-electron chi connectivity index (χ1n) is 22.7. The number of nitrogens with zero attached hydrogens (tertiary/aromatic N) is 1. The zero-order valence-electron chi connectivity index (χ0n) is 36.7. The maximum atomic E-state index is 12.7. The summed E-state index contributed by atoms with van der Waals surface area (Å²) in [6.45, 7) is 5.59. The monoisotopic (exact) mass is 799 g/mol. The Morgan fingerprint density at radius 2 is 1.00 bits per heavy atom. The van der Waals surface area contributed by atoms with Crippen LogP contribution >= 0.6 is 7.82 Å². The van der Waals surface area contributed by atoms with E-state index in [4.69, 9.17) is 18.5 Å². The standard InChI is InChI=1S/C46H88NO7P/c1-6-8-10-12-14-16-17-18-19-20-21-22-23-24-25-26-27-28-29-30-31-32-33-35-37-39-46(48)54-45(43-51-41-38-36-34-15-13-11-9-7-2)44-53-55(49,50)52-42-40-47(3,4)5/h17-18,20-21,23-24,45H,6-16,19,22,25-44H2,1-5H3/p+1/b18-17-,21-20-,24-23-. The molecule has 9 heteroatoms. The number of quaternary nitrogens is 1. The minimum atomic E-state index is -4.27. The molecule has 0 amide bonds. The number of likely N-dealkylation sites (N-methyl/N-ethyl adjacent to an activating group) is 1. The van der Waals surface area contributed by atoms with Crippen molar-refractivity contribution in [2.24, 2.45) is 0 Å². The molecule has 0 aromatic rings. The molecular weight excluding hydrogens is 709 g/mol. The van der Waals surface area contributed by atoms with E-state index in [1.807, 2.05) is 21.1 Å². The first-order chi connectivity index (χ1) is 26.6. The summed E-state index contributed by atoms with van der Waals surface area (Å²) < 4.78 is 34.9. The van der Waals surface area contributed by atoms with E-state index in [9.17, 15) is 14.3 Å². The fourth-order valence-electron chi connectivity index (χ4n) is 6.15. The summed E-state index contributed by atoms with van der Waals surface area (Å²) in [4.78, 5) is 22.8. The Labute approximate surface area is 340 Å². The lowest BCUT2D eigenvalue weighted by Crippen LogP contribution is -2.37. The van der Waals surface area contributed by atoms with Crippen LogP contribution in [0, 0.1) is 0 Å². The van der Waals surface area contributed by atoms with E-state index in [0.717, 1.165) is 44.9 Å². The van der Waals surface area contributed by atoms with Crippen molar-refractivity contribution >= 4 is 13.8 Å². The molecule has 2 unspecified atom stereocenters. The van der Waals surface area contributed by atoms with E-state index >= 15 is 0 Å². The quantitative estimate of drug-likeness (QED) is 0.0216. The van der Waals surface area contributed by atoms with Crippen molar-refractivity contribution in [2.75, 3.05) is 54.1 Å². The molecule has 0 rings (SSSR count). The van der Waals surface area contributed by atoms with E-state index in [0.29, 0.717) is 24.1 Å². The summed E-state index contributed by atoms with van der Waals surface area (Å²) in [5.41, 5.74) is 0. The number of esters is 1. The van der Waals surface area contributed by atoms with E-state index in [2.05, 4.69) is 50.3 Å². The number of hydrogen-bond acceptors (Lipinski definition) is 6. The predicted molar refractivity (Wildman–Crippen MR) is 233 cm³/mol. The normalized spacial score (nSPS) is 14.1. The third kappa shape index (κ3) is 43.7. The van der Waals surface area contributed by atoms with Gasteiger partial charge in [0.2, 0.25) is 0 Å². The van der Waals surface area contributed by atoms with Gasteiger partial charge in [-0.3, -0.25) is 13.8 Å². The molecule has 2 atom stereocenters. The molecule has 0 radical (unpaired) electrons. The van der Waals surface area contributed by atoms with Crippen molar-refractivity contribution in [3.8, 4) is 0 Å². The van der Waals surface area contributed by atoms with Gasteiger partial charge in [0, 0.05) is 13.0 Å². The fraction of sp³-hybridized carbons (Fsp3) is 0.848. The van der Waals surface area contributed by atoms with Crippen LogP contribution in [0.3, 0.4) is 0 Å². The summed E-state index contributed by atoms with van der Waals surface area (Å²) in [5.74, 6) is -0.319. The SMILES string of the molecule is CCCCCCC/C=C\C/C=C\C/C=C\CCCCCCCCCCCCC(=O)OC(COCCCCCCCCCC)COP(=O)(O)OCC[N+](C)(C)C. The number of phosphoric ester groups is 1. The van der Waals surface area contributed by atoms with Crippen LogP contribution in [-0.2, 0) is 27.9 Å². The Morgan fingerprint density at radius 1 is 0.564 bits per heavy atom. The molecule has 0 bridgehead atoms. The average Bonchev–Trinajstić information content (AvgIpc) is 3.13. The van der Waals surface area contributed by atoms with Crippen LogP contribution in [0.5, 0.6) is 0 Å². The second kappa shape index (κ2) is 39.5. The number of allylic oxidation sites excluding steroid dienone is 6. The molecule has 0 heterocycles. The van der Waals surface area contributed by atoms with Crippen molar-refractivity contribution in [1.82, 2.24) is 0 Å². The minimum absolute atomic E-state index is 0.0884. The number of ether oxygens (including phenoxy) is 2.